The highest BCUT2D eigenvalue weighted by Gasteiger charge is 2.14. The predicted molar refractivity (Wildman–Crippen MR) is 129 cm³/mol. The molecule has 0 saturated carbocycles. The van der Waals surface area contributed by atoms with Crippen LogP contribution in [-0.2, 0) is 9.53 Å². The number of nitrogens with one attached hydrogen (secondary N) is 2. The van der Waals surface area contributed by atoms with E-state index in [1.54, 1.807) is 30.3 Å². The van der Waals surface area contributed by atoms with Gasteiger partial charge in [0.25, 0.3) is 11.8 Å². The van der Waals surface area contributed by atoms with E-state index < -0.39 is 11.8 Å². The lowest BCUT2D eigenvalue weighted by atomic mass is 10.1. The number of hydrazine groups is 1. The standard InChI is InChI=1S/C23H22Br2N2O5/c1-2-30-11-12-31-19-6-4-3-5-18(19)23(29)27-26-21(28)14-32-20-10-7-15-13-16(24)8-9-17(15)22(20)25/h3-10,13H,2,11-12,14H2,1H3,(H,26,28)(H,27,29). The van der Waals surface area contributed by atoms with Crippen LogP contribution in [0.4, 0.5) is 0 Å². The quantitative estimate of drug-likeness (QED) is 0.292. The highest BCUT2D eigenvalue weighted by molar-refractivity contribution is 9.11. The van der Waals surface area contributed by atoms with Gasteiger partial charge in [0.2, 0.25) is 0 Å². The van der Waals surface area contributed by atoms with Gasteiger partial charge in [-0.2, -0.15) is 0 Å². The third-order valence-corrected chi connectivity index (χ3v) is 5.69. The predicted octanol–water partition coefficient (Wildman–Crippen LogP) is 4.62. The zero-order valence-corrected chi connectivity index (χ0v) is 20.5. The SMILES string of the molecule is CCOCCOc1ccccc1C(=O)NNC(=O)COc1ccc2cc(Br)ccc2c1Br. The molecule has 0 heterocycles. The average Bonchev–Trinajstić information content (AvgIpc) is 2.80. The van der Waals surface area contributed by atoms with E-state index in [2.05, 4.69) is 42.7 Å². The number of para-hydroxylation sites is 1. The molecule has 0 aliphatic rings. The molecule has 0 bridgehead atoms. The summed E-state index contributed by atoms with van der Waals surface area (Å²) in [5.41, 5.74) is 5.03. The molecule has 2 amide bonds. The molecule has 0 unspecified atom stereocenters. The van der Waals surface area contributed by atoms with Gasteiger partial charge in [0, 0.05) is 11.1 Å². The Morgan fingerprint density at radius 3 is 2.53 bits per heavy atom. The first-order chi connectivity index (χ1) is 15.5. The molecular weight excluding hydrogens is 544 g/mol. The van der Waals surface area contributed by atoms with E-state index in [1.165, 1.54) is 0 Å². The van der Waals surface area contributed by atoms with Crippen molar-refractivity contribution < 1.29 is 23.8 Å². The van der Waals surface area contributed by atoms with Gasteiger partial charge in [-0.25, -0.2) is 0 Å². The van der Waals surface area contributed by atoms with Gasteiger partial charge in [0.1, 0.15) is 18.1 Å². The van der Waals surface area contributed by atoms with E-state index in [1.807, 2.05) is 31.2 Å². The average molecular weight is 566 g/mol. The Labute approximate surface area is 202 Å². The fourth-order valence-corrected chi connectivity index (χ4v) is 3.85. The zero-order valence-electron chi connectivity index (χ0n) is 17.3. The Morgan fingerprint density at radius 2 is 1.72 bits per heavy atom. The summed E-state index contributed by atoms with van der Waals surface area (Å²) in [6, 6.07) is 16.3. The number of hydrogen-bond acceptors (Lipinski definition) is 5. The van der Waals surface area contributed by atoms with Crippen molar-refractivity contribution in [3.05, 3.63) is 69.1 Å². The summed E-state index contributed by atoms with van der Waals surface area (Å²) in [6.45, 7) is 2.95. The molecule has 3 aromatic rings. The highest BCUT2D eigenvalue weighted by Crippen LogP contribution is 2.34. The van der Waals surface area contributed by atoms with Crippen molar-refractivity contribution in [1.29, 1.82) is 0 Å². The van der Waals surface area contributed by atoms with Gasteiger partial charge in [-0.1, -0.05) is 40.2 Å². The zero-order chi connectivity index (χ0) is 22.9. The van der Waals surface area contributed by atoms with Crippen molar-refractivity contribution in [3.8, 4) is 11.5 Å². The summed E-state index contributed by atoms with van der Waals surface area (Å²) in [7, 11) is 0. The van der Waals surface area contributed by atoms with Gasteiger partial charge in [0.05, 0.1) is 16.6 Å². The lowest BCUT2D eigenvalue weighted by Crippen LogP contribution is -2.44. The van der Waals surface area contributed by atoms with E-state index in [-0.39, 0.29) is 6.61 Å². The molecular formula is C23H22Br2N2O5. The minimum atomic E-state index is -0.504. The van der Waals surface area contributed by atoms with E-state index in [0.29, 0.717) is 36.9 Å². The van der Waals surface area contributed by atoms with Gasteiger partial charge >= 0.3 is 0 Å². The molecule has 7 nitrogen and oxygen atoms in total. The molecule has 0 aromatic heterocycles. The minimum absolute atomic E-state index is 0.270. The molecule has 0 aliphatic carbocycles. The molecule has 0 atom stereocenters. The van der Waals surface area contributed by atoms with Crippen LogP contribution in [0, 0.1) is 0 Å². The van der Waals surface area contributed by atoms with Crippen LogP contribution >= 0.6 is 31.9 Å². The maximum Gasteiger partial charge on any atom is 0.276 e. The second-order valence-corrected chi connectivity index (χ2v) is 8.28. The summed E-state index contributed by atoms with van der Waals surface area (Å²) in [6.07, 6.45) is 0. The normalized spacial score (nSPS) is 10.6. The molecule has 9 heteroatoms. The van der Waals surface area contributed by atoms with Crippen LogP contribution in [0.2, 0.25) is 0 Å². The highest BCUT2D eigenvalue weighted by atomic mass is 79.9. The first-order valence-corrected chi connectivity index (χ1v) is 11.5. The summed E-state index contributed by atoms with van der Waals surface area (Å²) in [5.74, 6) is -0.0741. The van der Waals surface area contributed by atoms with Crippen molar-refractivity contribution in [3.63, 3.8) is 0 Å². The maximum atomic E-state index is 12.5. The number of halogens is 2. The molecule has 3 rings (SSSR count). The monoisotopic (exact) mass is 564 g/mol. The number of carbonyl (C=O) groups is 2. The fraction of sp³-hybridized carbons (Fsp3) is 0.217. The third kappa shape index (κ3) is 6.44. The van der Waals surface area contributed by atoms with Crippen molar-refractivity contribution in [1.82, 2.24) is 10.9 Å². The maximum absolute atomic E-state index is 12.5. The van der Waals surface area contributed by atoms with Crippen LogP contribution < -0.4 is 20.3 Å². The molecule has 2 N–H and O–H groups in total. The van der Waals surface area contributed by atoms with E-state index >= 15 is 0 Å². The van der Waals surface area contributed by atoms with Crippen LogP contribution in [0.3, 0.4) is 0 Å². The Hall–Kier alpha value is -2.62. The molecule has 0 spiro atoms. The Balaban J connectivity index is 1.53. The molecule has 32 heavy (non-hydrogen) atoms. The number of benzene rings is 3. The van der Waals surface area contributed by atoms with Crippen LogP contribution in [-0.4, -0.2) is 38.2 Å². The first kappa shape index (κ1) is 24.0. The van der Waals surface area contributed by atoms with Gasteiger partial charge in [-0.3, -0.25) is 20.4 Å². The molecule has 0 radical (unpaired) electrons. The smallest absolute Gasteiger partial charge is 0.276 e. The number of ether oxygens (including phenoxy) is 3. The topological polar surface area (TPSA) is 85.9 Å². The first-order valence-electron chi connectivity index (χ1n) is 9.89. The van der Waals surface area contributed by atoms with E-state index in [0.717, 1.165) is 19.7 Å². The van der Waals surface area contributed by atoms with Gasteiger partial charge in [0.15, 0.2) is 6.61 Å². The van der Waals surface area contributed by atoms with Gasteiger partial charge < -0.3 is 14.2 Å². The van der Waals surface area contributed by atoms with Crippen LogP contribution in [0.1, 0.15) is 17.3 Å². The number of fused-ring (bicyclic) bond motifs is 1. The molecule has 0 fully saturated rings. The lowest BCUT2D eigenvalue weighted by Gasteiger charge is -2.13. The Kier molecular flexibility index (Phi) is 8.90. The second-order valence-electron chi connectivity index (χ2n) is 6.58. The number of rotatable bonds is 9. The molecule has 168 valence electrons. The number of amides is 2. The van der Waals surface area contributed by atoms with E-state index in [9.17, 15) is 9.59 Å². The van der Waals surface area contributed by atoms with Crippen molar-refractivity contribution in [2.75, 3.05) is 26.4 Å². The van der Waals surface area contributed by atoms with Gasteiger partial charge in [-0.05, 0) is 64.0 Å². The summed E-state index contributed by atoms with van der Waals surface area (Å²) >= 11 is 6.97. The third-order valence-electron chi connectivity index (χ3n) is 4.38. The van der Waals surface area contributed by atoms with Crippen molar-refractivity contribution in [2.45, 2.75) is 6.92 Å². The lowest BCUT2D eigenvalue weighted by molar-refractivity contribution is -0.123. The van der Waals surface area contributed by atoms with Crippen molar-refractivity contribution in [2.24, 2.45) is 0 Å². The number of carbonyl (C=O) groups excluding carboxylic acids is 2. The largest absolute Gasteiger partial charge is 0.490 e. The minimum Gasteiger partial charge on any atom is -0.490 e. The second kappa shape index (κ2) is 11.8. The molecule has 3 aromatic carbocycles. The molecule has 0 saturated heterocycles. The fourth-order valence-electron chi connectivity index (χ4n) is 2.86. The number of hydrogen-bond donors (Lipinski definition) is 2. The molecule has 0 aliphatic heterocycles. The van der Waals surface area contributed by atoms with Crippen LogP contribution in [0.5, 0.6) is 11.5 Å². The van der Waals surface area contributed by atoms with Gasteiger partial charge in [-0.15, -0.1) is 0 Å². The van der Waals surface area contributed by atoms with Crippen molar-refractivity contribution >= 4 is 54.4 Å². The van der Waals surface area contributed by atoms with Crippen LogP contribution in [0.25, 0.3) is 10.8 Å². The summed E-state index contributed by atoms with van der Waals surface area (Å²) in [5, 5.41) is 1.98. The van der Waals surface area contributed by atoms with Crippen LogP contribution in [0.15, 0.2) is 63.5 Å². The van der Waals surface area contributed by atoms with E-state index in [4.69, 9.17) is 14.2 Å². The summed E-state index contributed by atoms with van der Waals surface area (Å²) < 4.78 is 18.2. The Morgan fingerprint density at radius 1 is 0.906 bits per heavy atom. The Bertz CT molecular complexity index is 1110. The summed E-state index contributed by atoms with van der Waals surface area (Å²) in [4.78, 5) is 24.7.